The van der Waals surface area contributed by atoms with Crippen molar-refractivity contribution in [3.63, 3.8) is 0 Å². The summed E-state index contributed by atoms with van der Waals surface area (Å²) in [6.45, 7) is 6.47. The summed E-state index contributed by atoms with van der Waals surface area (Å²) in [6.07, 6.45) is 2.68. The second kappa shape index (κ2) is 5.35. The Morgan fingerprint density at radius 2 is 2.19 bits per heavy atom. The van der Waals surface area contributed by atoms with E-state index in [2.05, 4.69) is 10.3 Å². The first-order chi connectivity index (χ1) is 10.1. The largest absolute Gasteiger partial charge is 0.361 e. The number of rotatable bonds is 3. The number of nitrogens with zero attached hydrogens (tertiary/aromatic N) is 3. The first kappa shape index (κ1) is 13.9. The molecule has 1 amide bonds. The minimum atomic E-state index is -0.0861. The predicted molar refractivity (Wildman–Crippen MR) is 74.9 cm³/mol. The van der Waals surface area contributed by atoms with E-state index in [1.165, 1.54) is 0 Å². The fourth-order valence-corrected chi connectivity index (χ4v) is 3.03. The fourth-order valence-electron chi connectivity index (χ4n) is 3.03. The number of likely N-dealkylation sites (tertiary alicyclic amines) is 1. The first-order valence-corrected chi connectivity index (χ1v) is 7.31. The molecule has 6 heteroatoms. The maximum atomic E-state index is 12.6. The molecule has 3 heterocycles. The van der Waals surface area contributed by atoms with Gasteiger partial charge in [-0.15, -0.1) is 0 Å². The maximum absolute atomic E-state index is 12.6. The molecule has 21 heavy (non-hydrogen) atoms. The molecular weight excluding hydrogens is 270 g/mol. The van der Waals surface area contributed by atoms with Gasteiger partial charge in [0.2, 0.25) is 0 Å². The van der Waals surface area contributed by atoms with E-state index < -0.39 is 0 Å². The Hall–Kier alpha value is -2.11. The highest BCUT2D eigenvalue weighted by Gasteiger charge is 2.35. The topological polar surface area (TPSA) is 72.4 Å². The van der Waals surface area contributed by atoms with E-state index in [1.54, 1.807) is 13.0 Å². The smallest absolute Gasteiger partial charge is 0.276 e. The molecule has 1 aliphatic rings. The van der Waals surface area contributed by atoms with E-state index in [9.17, 15) is 4.79 Å². The van der Waals surface area contributed by atoms with Crippen LogP contribution in [0.1, 0.15) is 59.1 Å². The van der Waals surface area contributed by atoms with E-state index in [0.29, 0.717) is 11.5 Å². The van der Waals surface area contributed by atoms with Crippen LogP contribution >= 0.6 is 0 Å². The molecule has 0 radical (unpaired) electrons. The summed E-state index contributed by atoms with van der Waals surface area (Å²) in [5.41, 5.74) is 2.29. The monoisotopic (exact) mass is 289 g/mol. The number of carbonyl (C=O) groups is 1. The fraction of sp³-hybridized carbons (Fsp3) is 0.533. The molecule has 0 aromatic carbocycles. The van der Waals surface area contributed by atoms with Gasteiger partial charge < -0.3 is 13.9 Å². The minimum absolute atomic E-state index is 0.0238. The zero-order chi connectivity index (χ0) is 15.0. The van der Waals surface area contributed by atoms with Gasteiger partial charge in [0.25, 0.3) is 5.91 Å². The van der Waals surface area contributed by atoms with Crippen molar-refractivity contribution >= 4 is 5.91 Å². The molecule has 6 nitrogen and oxygen atoms in total. The Kier molecular flexibility index (Phi) is 3.53. The number of hydrogen-bond acceptors (Lipinski definition) is 5. The van der Waals surface area contributed by atoms with Crippen molar-refractivity contribution in [3.8, 4) is 0 Å². The van der Waals surface area contributed by atoms with Crippen molar-refractivity contribution < 1.29 is 13.8 Å². The molecule has 3 rings (SSSR count). The molecule has 1 fully saturated rings. The number of aromatic nitrogens is 2. The molecule has 112 valence electrons. The molecule has 0 N–H and O–H groups in total. The van der Waals surface area contributed by atoms with Crippen molar-refractivity contribution in [2.24, 2.45) is 0 Å². The molecule has 1 atom stereocenters. The van der Waals surface area contributed by atoms with Crippen LogP contribution in [0.3, 0.4) is 0 Å². The predicted octanol–water partition coefficient (Wildman–Crippen LogP) is 2.82. The highest BCUT2D eigenvalue weighted by atomic mass is 16.5. The van der Waals surface area contributed by atoms with Gasteiger partial charge in [0.05, 0.1) is 11.7 Å². The van der Waals surface area contributed by atoms with Crippen LogP contribution in [-0.2, 0) is 6.42 Å². The second-order valence-corrected chi connectivity index (χ2v) is 5.44. The lowest BCUT2D eigenvalue weighted by molar-refractivity contribution is 0.0724. The Morgan fingerprint density at radius 3 is 2.86 bits per heavy atom. The lowest BCUT2D eigenvalue weighted by Crippen LogP contribution is -2.31. The highest BCUT2D eigenvalue weighted by Crippen LogP contribution is 2.36. The Morgan fingerprint density at radius 1 is 1.38 bits per heavy atom. The average molecular weight is 289 g/mol. The van der Waals surface area contributed by atoms with E-state index >= 15 is 0 Å². The number of hydrogen-bond donors (Lipinski definition) is 0. The Bertz CT molecular complexity index is 659. The van der Waals surface area contributed by atoms with E-state index in [1.807, 2.05) is 18.7 Å². The van der Waals surface area contributed by atoms with Gasteiger partial charge in [-0.1, -0.05) is 17.2 Å². The molecule has 1 aliphatic heterocycles. The van der Waals surface area contributed by atoms with Crippen molar-refractivity contribution in [2.45, 2.75) is 46.1 Å². The molecule has 2 aromatic heterocycles. The van der Waals surface area contributed by atoms with E-state index in [-0.39, 0.29) is 11.9 Å². The van der Waals surface area contributed by atoms with Crippen LogP contribution in [0.5, 0.6) is 0 Å². The van der Waals surface area contributed by atoms with Crippen molar-refractivity contribution in [3.05, 3.63) is 34.5 Å². The summed E-state index contributed by atoms with van der Waals surface area (Å²) in [5, 5.41) is 7.89. The summed E-state index contributed by atoms with van der Waals surface area (Å²) in [6, 6.07) is 1.70. The van der Waals surface area contributed by atoms with Crippen LogP contribution in [0.4, 0.5) is 0 Å². The molecule has 1 saturated heterocycles. The quantitative estimate of drug-likeness (QED) is 0.868. The molecule has 2 aromatic rings. The molecule has 0 aliphatic carbocycles. The summed E-state index contributed by atoms with van der Waals surface area (Å²) in [7, 11) is 0. The van der Waals surface area contributed by atoms with Gasteiger partial charge in [-0.3, -0.25) is 4.79 Å². The molecular formula is C15H19N3O3. The normalized spacial score (nSPS) is 18.4. The summed E-state index contributed by atoms with van der Waals surface area (Å²) >= 11 is 0. The van der Waals surface area contributed by atoms with Crippen LogP contribution in [0.25, 0.3) is 0 Å². The van der Waals surface area contributed by atoms with Gasteiger partial charge in [-0.05, 0) is 26.7 Å². The van der Waals surface area contributed by atoms with Crippen LogP contribution in [-0.4, -0.2) is 27.7 Å². The zero-order valence-corrected chi connectivity index (χ0v) is 12.5. The highest BCUT2D eigenvalue weighted by molar-refractivity contribution is 5.92. The number of aryl methyl sites for hydroxylation is 3. The van der Waals surface area contributed by atoms with E-state index in [0.717, 1.165) is 42.8 Å². The third kappa shape index (κ3) is 2.34. The standard InChI is InChI=1S/C15H19N3O3/c1-4-13-14(10(3)16-21-13)12-6-5-7-18(12)15(19)11-8-9(2)20-17-11/h8,12H,4-7H2,1-3H3/t12-/m0/s1. The van der Waals surface area contributed by atoms with Gasteiger partial charge in [0.15, 0.2) is 5.69 Å². The van der Waals surface area contributed by atoms with Gasteiger partial charge in [0, 0.05) is 24.6 Å². The van der Waals surface area contributed by atoms with Crippen molar-refractivity contribution in [1.29, 1.82) is 0 Å². The number of carbonyl (C=O) groups excluding carboxylic acids is 1. The lowest BCUT2D eigenvalue weighted by Gasteiger charge is -2.24. The first-order valence-electron chi connectivity index (χ1n) is 7.31. The second-order valence-electron chi connectivity index (χ2n) is 5.44. The van der Waals surface area contributed by atoms with Crippen LogP contribution in [0.2, 0.25) is 0 Å². The zero-order valence-electron chi connectivity index (χ0n) is 12.5. The average Bonchev–Trinajstić information content (AvgIpc) is 3.17. The summed E-state index contributed by atoms with van der Waals surface area (Å²) in [5.74, 6) is 1.43. The van der Waals surface area contributed by atoms with Crippen LogP contribution in [0, 0.1) is 13.8 Å². The van der Waals surface area contributed by atoms with Gasteiger partial charge >= 0.3 is 0 Å². The lowest BCUT2D eigenvalue weighted by atomic mass is 10.0. The maximum Gasteiger partial charge on any atom is 0.276 e. The van der Waals surface area contributed by atoms with Crippen LogP contribution < -0.4 is 0 Å². The SMILES string of the molecule is CCc1onc(C)c1[C@@H]1CCCN1C(=O)c1cc(C)on1. The molecule has 0 bridgehead atoms. The summed E-state index contributed by atoms with van der Waals surface area (Å²) < 4.78 is 10.4. The molecule has 0 saturated carbocycles. The van der Waals surface area contributed by atoms with Gasteiger partial charge in [-0.2, -0.15) is 0 Å². The van der Waals surface area contributed by atoms with Crippen LogP contribution in [0.15, 0.2) is 15.1 Å². The minimum Gasteiger partial charge on any atom is -0.361 e. The van der Waals surface area contributed by atoms with Crippen molar-refractivity contribution in [1.82, 2.24) is 15.2 Å². The summed E-state index contributed by atoms with van der Waals surface area (Å²) in [4.78, 5) is 14.5. The van der Waals surface area contributed by atoms with E-state index in [4.69, 9.17) is 9.05 Å². The number of amides is 1. The van der Waals surface area contributed by atoms with Crippen molar-refractivity contribution in [2.75, 3.05) is 6.54 Å². The Labute approximate surface area is 123 Å². The molecule has 0 spiro atoms. The third-order valence-corrected chi connectivity index (χ3v) is 4.00. The van der Waals surface area contributed by atoms with Gasteiger partial charge in [0.1, 0.15) is 11.5 Å². The molecule has 0 unspecified atom stereocenters. The van der Waals surface area contributed by atoms with Gasteiger partial charge in [-0.25, -0.2) is 0 Å². The Balaban J connectivity index is 1.92. The third-order valence-electron chi connectivity index (χ3n) is 4.00.